The summed E-state index contributed by atoms with van der Waals surface area (Å²) in [5.74, 6) is 0.689. The van der Waals surface area contributed by atoms with Crippen molar-refractivity contribution in [3.8, 4) is 56.2 Å². The Kier molecular flexibility index (Phi) is 6.08. The lowest BCUT2D eigenvalue weighted by molar-refractivity contribution is 0.669. The van der Waals surface area contributed by atoms with Gasteiger partial charge in [-0.2, -0.15) is 0 Å². The molecule has 0 saturated carbocycles. The molecular formula is C39H25N3O. The predicted octanol–water partition coefficient (Wildman–Crippen LogP) is 10.1. The number of hydrogen-bond donors (Lipinski definition) is 0. The monoisotopic (exact) mass is 551 g/mol. The number of furan rings is 1. The molecule has 0 radical (unpaired) electrons. The number of fused-ring (bicyclic) bond motifs is 3. The van der Waals surface area contributed by atoms with Crippen LogP contribution in [0.25, 0.3) is 78.1 Å². The van der Waals surface area contributed by atoms with Gasteiger partial charge in [-0.25, -0.2) is 9.97 Å². The van der Waals surface area contributed by atoms with Gasteiger partial charge in [0.05, 0.1) is 11.4 Å². The van der Waals surface area contributed by atoms with Crippen LogP contribution < -0.4 is 0 Å². The molecule has 0 fully saturated rings. The fourth-order valence-corrected chi connectivity index (χ4v) is 5.60. The quantitative estimate of drug-likeness (QED) is 0.214. The average molecular weight is 552 g/mol. The molecule has 0 aliphatic carbocycles. The maximum Gasteiger partial charge on any atom is 0.160 e. The molecule has 0 aliphatic heterocycles. The number of hydrogen-bond acceptors (Lipinski definition) is 4. The van der Waals surface area contributed by atoms with Crippen molar-refractivity contribution in [2.75, 3.05) is 0 Å². The number of nitrogens with zero attached hydrogens (tertiary/aromatic N) is 3. The Morgan fingerprint density at radius 3 is 1.77 bits per heavy atom. The molecule has 0 aliphatic rings. The first-order chi connectivity index (χ1) is 21.3. The van der Waals surface area contributed by atoms with E-state index in [2.05, 4.69) is 96.0 Å². The van der Waals surface area contributed by atoms with Gasteiger partial charge in [-0.1, -0.05) is 97.1 Å². The first kappa shape index (κ1) is 24.9. The van der Waals surface area contributed by atoms with Crippen molar-refractivity contribution in [1.29, 1.82) is 0 Å². The second-order valence-electron chi connectivity index (χ2n) is 10.5. The zero-order valence-electron chi connectivity index (χ0n) is 23.2. The zero-order chi connectivity index (χ0) is 28.6. The third-order valence-corrected chi connectivity index (χ3v) is 7.82. The largest absolute Gasteiger partial charge is 0.456 e. The fourth-order valence-electron chi connectivity index (χ4n) is 5.60. The molecule has 202 valence electrons. The van der Waals surface area contributed by atoms with Crippen molar-refractivity contribution in [2.45, 2.75) is 0 Å². The molecule has 0 bridgehead atoms. The molecule has 0 saturated heterocycles. The van der Waals surface area contributed by atoms with E-state index in [1.54, 1.807) is 0 Å². The minimum atomic E-state index is 0.689. The van der Waals surface area contributed by atoms with Crippen LogP contribution in [-0.4, -0.2) is 15.0 Å². The Balaban J connectivity index is 1.20. The molecule has 0 unspecified atom stereocenters. The summed E-state index contributed by atoms with van der Waals surface area (Å²) in [5.41, 5.74) is 11.1. The maximum absolute atomic E-state index is 6.03. The standard InChI is InChI=1S/C39H25N3O/c1-2-7-28(8-3-1)35-25-36(42-39(41-35)32-10-6-9-30(23-32)27-19-21-40-22-20-27)29-15-13-26(14-16-29)31-17-18-38-34(24-31)33-11-4-5-12-37(33)43-38/h1-25H. The molecule has 4 heteroatoms. The topological polar surface area (TPSA) is 51.8 Å². The molecule has 8 aromatic rings. The van der Waals surface area contributed by atoms with E-state index in [0.717, 1.165) is 72.3 Å². The number of rotatable bonds is 5. The van der Waals surface area contributed by atoms with E-state index in [0.29, 0.717) is 5.82 Å². The summed E-state index contributed by atoms with van der Waals surface area (Å²) >= 11 is 0. The van der Waals surface area contributed by atoms with Crippen molar-refractivity contribution in [3.63, 3.8) is 0 Å². The van der Waals surface area contributed by atoms with Crippen molar-refractivity contribution in [2.24, 2.45) is 0 Å². The summed E-state index contributed by atoms with van der Waals surface area (Å²) in [6, 6.07) is 47.9. The Morgan fingerprint density at radius 1 is 0.372 bits per heavy atom. The van der Waals surface area contributed by atoms with Crippen LogP contribution in [0.4, 0.5) is 0 Å². The molecule has 5 aromatic carbocycles. The van der Waals surface area contributed by atoms with Gasteiger partial charge in [0.25, 0.3) is 0 Å². The van der Waals surface area contributed by atoms with Gasteiger partial charge >= 0.3 is 0 Å². The van der Waals surface area contributed by atoms with Crippen LogP contribution in [0.15, 0.2) is 156 Å². The lowest BCUT2D eigenvalue weighted by Gasteiger charge is -2.11. The normalized spacial score (nSPS) is 11.3. The highest BCUT2D eigenvalue weighted by atomic mass is 16.3. The molecule has 0 spiro atoms. The van der Waals surface area contributed by atoms with E-state index in [1.165, 1.54) is 0 Å². The van der Waals surface area contributed by atoms with Gasteiger partial charge in [0, 0.05) is 39.9 Å². The summed E-state index contributed by atoms with van der Waals surface area (Å²) in [4.78, 5) is 14.2. The second kappa shape index (κ2) is 10.5. The minimum absolute atomic E-state index is 0.689. The highest BCUT2D eigenvalue weighted by molar-refractivity contribution is 6.06. The lowest BCUT2D eigenvalue weighted by Crippen LogP contribution is -1.96. The van der Waals surface area contributed by atoms with Crippen molar-refractivity contribution in [1.82, 2.24) is 15.0 Å². The van der Waals surface area contributed by atoms with Crippen LogP contribution in [0, 0.1) is 0 Å². The number of pyridine rings is 1. The Bertz CT molecular complexity index is 2220. The van der Waals surface area contributed by atoms with Crippen LogP contribution in [-0.2, 0) is 0 Å². The molecular weight excluding hydrogens is 526 g/mol. The zero-order valence-corrected chi connectivity index (χ0v) is 23.2. The number of aromatic nitrogens is 3. The summed E-state index contributed by atoms with van der Waals surface area (Å²) in [5, 5.41) is 2.25. The van der Waals surface area contributed by atoms with Crippen LogP contribution in [0.3, 0.4) is 0 Å². The van der Waals surface area contributed by atoms with E-state index in [-0.39, 0.29) is 0 Å². The van der Waals surface area contributed by atoms with Crippen LogP contribution in [0.5, 0.6) is 0 Å². The lowest BCUT2D eigenvalue weighted by atomic mass is 10.00. The molecule has 0 N–H and O–H groups in total. The van der Waals surface area contributed by atoms with Gasteiger partial charge < -0.3 is 4.42 Å². The molecule has 4 nitrogen and oxygen atoms in total. The second-order valence-corrected chi connectivity index (χ2v) is 10.5. The van der Waals surface area contributed by atoms with Gasteiger partial charge in [-0.15, -0.1) is 0 Å². The number of benzene rings is 5. The van der Waals surface area contributed by atoms with Crippen molar-refractivity contribution >= 4 is 21.9 Å². The first-order valence-electron chi connectivity index (χ1n) is 14.3. The van der Waals surface area contributed by atoms with E-state index in [1.807, 2.05) is 60.9 Å². The van der Waals surface area contributed by atoms with E-state index in [9.17, 15) is 0 Å². The molecule has 0 atom stereocenters. The molecule has 43 heavy (non-hydrogen) atoms. The Hall–Kier alpha value is -5.87. The predicted molar refractivity (Wildman–Crippen MR) is 174 cm³/mol. The SMILES string of the molecule is c1ccc(-c2cc(-c3ccc(-c4ccc5oc6ccccc6c5c4)cc3)nc(-c3cccc(-c4ccncc4)c3)n2)cc1. The summed E-state index contributed by atoms with van der Waals surface area (Å²) in [7, 11) is 0. The van der Waals surface area contributed by atoms with Gasteiger partial charge in [-0.05, 0) is 64.7 Å². The summed E-state index contributed by atoms with van der Waals surface area (Å²) in [6.45, 7) is 0. The maximum atomic E-state index is 6.03. The fraction of sp³-hybridized carbons (Fsp3) is 0. The van der Waals surface area contributed by atoms with Crippen LogP contribution in [0.1, 0.15) is 0 Å². The minimum Gasteiger partial charge on any atom is -0.456 e. The van der Waals surface area contributed by atoms with Gasteiger partial charge in [0.15, 0.2) is 5.82 Å². The molecule has 3 aromatic heterocycles. The van der Waals surface area contributed by atoms with Crippen LogP contribution >= 0.6 is 0 Å². The molecule has 8 rings (SSSR count). The first-order valence-corrected chi connectivity index (χ1v) is 14.3. The van der Waals surface area contributed by atoms with E-state index < -0.39 is 0 Å². The number of para-hydroxylation sites is 1. The smallest absolute Gasteiger partial charge is 0.160 e. The third kappa shape index (κ3) is 4.75. The highest BCUT2D eigenvalue weighted by Gasteiger charge is 2.13. The van der Waals surface area contributed by atoms with Crippen LogP contribution in [0.2, 0.25) is 0 Å². The summed E-state index contributed by atoms with van der Waals surface area (Å²) in [6.07, 6.45) is 3.62. The van der Waals surface area contributed by atoms with E-state index >= 15 is 0 Å². The van der Waals surface area contributed by atoms with Crippen molar-refractivity contribution in [3.05, 3.63) is 152 Å². The van der Waals surface area contributed by atoms with E-state index in [4.69, 9.17) is 14.4 Å². The summed E-state index contributed by atoms with van der Waals surface area (Å²) < 4.78 is 6.03. The third-order valence-electron chi connectivity index (χ3n) is 7.82. The Labute approximate surface area is 249 Å². The highest BCUT2D eigenvalue weighted by Crippen LogP contribution is 2.34. The molecule has 0 amide bonds. The van der Waals surface area contributed by atoms with Gasteiger partial charge in [0.1, 0.15) is 11.2 Å². The Morgan fingerprint density at radius 2 is 0.953 bits per heavy atom. The molecule has 3 heterocycles. The van der Waals surface area contributed by atoms with Crippen molar-refractivity contribution < 1.29 is 4.42 Å². The van der Waals surface area contributed by atoms with Gasteiger partial charge in [0.2, 0.25) is 0 Å². The average Bonchev–Trinajstić information content (AvgIpc) is 3.47. The van der Waals surface area contributed by atoms with Gasteiger partial charge in [-0.3, -0.25) is 4.98 Å².